The van der Waals surface area contributed by atoms with Gasteiger partial charge in [0.25, 0.3) is 0 Å². The van der Waals surface area contributed by atoms with Gasteiger partial charge in [-0.1, -0.05) is 47.4 Å². The molecule has 0 aliphatic carbocycles. The maximum Gasteiger partial charge on any atom is 0.243 e. The van der Waals surface area contributed by atoms with Gasteiger partial charge in [-0.3, -0.25) is 4.79 Å². The molecule has 4 rings (SSSR count). The Morgan fingerprint density at radius 3 is 2.53 bits per heavy atom. The molecule has 168 valence electrons. The van der Waals surface area contributed by atoms with Gasteiger partial charge in [0, 0.05) is 31.9 Å². The zero-order valence-corrected chi connectivity index (χ0v) is 19.3. The number of amides is 1. The number of halogens is 1. The number of nitrogens with one attached hydrogen (secondary N) is 1. The molecule has 2 aromatic carbocycles. The highest BCUT2D eigenvalue weighted by Crippen LogP contribution is 2.28. The predicted octanol–water partition coefficient (Wildman–Crippen LogP) is 3.05. The molecule has 3 aromatic rings. The second-order valence-corrected chi connectivity index (χ2v) is 11.0. The lowest BCUT2D eigenvalue weighted by atomic mass is 10.3. The van der Waals surface area contributed by atoms with Crippen LogP contribution in [0.4, 0.5) is 15.2 Å². The quantitative estimate of drug-likeness (QED) is 0.506. The average Bonchev–Trinajstić information content (AvgIpc) is 3.25. The summed E-state index contributed by atoms with van der Waals surface area (Å²) in [6.45, 7) is 0.897. The summed E-state index contributed by atoms with van der Waals surface area (Å²) in [6, 6.07) is 14.6. The average molecular weight is 494 g/mol. The molecule has 1 amide bonds. The van der Waals surface area contributed by atoms with Crippen LogP contribution in [0.5, 0.6) is 0 Å². The summed E-state index contributed by atoms with van der Waals surface area (Å²) in [5.41, 5.74) is 0.905. The van der Waals surface area contributed by atoms with Gasteiger partial charge in [0.2, 0.25) is 21.1 Å². The van der Waals surface area contributed by atoms with Gasteiger partial charge in [-0.15, -0.1) is 10.2 Å². The van der Waals surface area contributed by atoms with E-state index in [1.54, 1.807) is 4.90 Å². The molecule has 0 bridgehead atoms. The highest BCUT2D eigenvalue weighted by Gasteiger charge is 2.30. The summed E-state index contributed by atoms with van der Waals surface area (Å²) in [5.74, 6) is -0.502. The predicted molar refractivity (Wildman–Crippen MR) is 122 cm³/mol. The van der Waals surface area contributed by atoms with E-state index in [0.29, 0.717) is 9.47 Å². The minimum absolute atomic E-state index is 0.0796. The first-order chi connectivity index (χ1) is 15.4. The van der Waals surface area contributed by atoms with Crippen molar-refractivity contribution < 1.29 is 17.6 Å². The van der Waals surface area contributed by atoms with Crippen molar-refractivity contribution in [2.75, 3.05) is 37.2 Å². The van der Waals surface area contributed by atoms with Gasteiger partial charge < -0.3 is 10.2 Å². The fourth-order valence-electron chi connectivity index (χ4n) is 3.13. The van der Waals surface area contributed by atoms with Gasteiger partial charge >= 0.3 is 0 Å². The van der Waals surface area contributed by atoms with E-state index in [1.807, 2.05) is 30.3 Å². The van der Waals surface area contributed by atoms with Crippen molar-refractivity contribution in [3.05, 3.63) is 60.4 Å². The van der Waals surface area contributed by atoms with Crippen LogP contribution in [0.25, 0.3) is 0 Å². The topological polar surface area (TPSA) is 95.5 Å². The molecule has 1 saturated heterocycles. The van der Waals surface area contributed by atoms with Crippen molar-refractivity contribution in [2.24, 2.45) is 0 Å². The van der Waals surface area contributed by atoms with E-state index >= 15 is 0 Å². The molecule has 8 nitrogen and oxygen atoms in total. The standard InChI is InChI=1S/C20H20FN5O3S3/c21-15-5-4-8-17(13-15)32(28,29)26-11-9-25(10-12-26)18(27)14-30-20-24-23-19(31-20)22-16-6-2-1-3-7-16/h1-8,13H,9-12,14H2,(H,22,23). The lowest BCUT2D eigenvalue weighted by molar-refractivity contribution is -0.129. The normalized spacial score (nSPS) is 15.0. The third kappa shape index (κ3) is 5.44. The smallest absolute Gasteiger partial charge is 0.243 e. The Kier molecular flexibility index (Phi) is 7.04. The van der Waals surface area contributed by atoms with E-state index in [0.717, 1.165) is 11.8 Å². The number of hydrogen-bond acceptors (Lipinski definition) is 8. The Balaban J connectivity index is 1.27. The number of rotatable bonds is 7. The number of thioether (sulfide) groups is 1. The monoisotopic (exact) mass is 493 g/mol. The summed E-state index contributed by atoms with van der Waals surface area (Å²) in [6.07, 6.45) is 0. The molecular formula is C20H20FN5O3S3. The molecule has 0 unspecified atom stereocenters. The van der Waals surface area contributed by atoms with Gasteiger partial charge in [-0.25, -0.2) is 12.8 Å². The Morgan fingerprint density at radius 1 is 1.06 bits per heavy atom. The lowest BCUT2D eigenvalue weighted by Crippen LogP contribution is -2.50. The zero-order chi connectivity index (χ0) is 22.6. The van der Waals surface area contributed by atoms with Crippen molar-refractivity contribution in [3.63, 3.8) is 0 Å². The van der Waals surface area contributed by atoms with Crippen molar-refractivity contribution in [1.82, 2.24) is 19.4 Å². The molecule has 2 heterocycles. The van der Waals surface area contributed by atoms with Crippen LogP contribution in [0.3, 0.4) is 0 Å². The fourth-order valence-corrected chi connectivity index (χ4v) is 6.26. The molecular weight excluding hydrogens is 473 g/mol. The molecule has 32 heavy (non-hydrogen) atoms. The second-order valence-electron chi connectivity index (χ2n) is 6.90. The Morgan fingerprint density at radius 2 is 1.81 bits per heavy atom. The van der Waals surface area contributed by atoms with Crippen LogP contribution in [0.2, 0.25) is 0 Å². The summed E-state index contributed by atoms with van der Waals surface area (Å²) in [4.78, 5) is 14.1. The molecule has 1 aromatic heterocycles. The number of hydrogen-bond donors (Lipinski definition) is 1. The summed E-state index contributed by atoms with van der Waals surface area (Å²) < 4.78 is 40.8. The SMILES string of the molecule is O=C(CSc1nnc(Nc2ccccc2)s1)N1CCN(S(=O)(=O)c2cccc(F)c2)CC1. The van der Waals surface area contributed by atoms with Crippen molar-refractivity contribution >= 4 is 49.8 Å². The molecule has 0 spiro atoms. The molecule has 0 atom stereocenters. The van der Waals surface area contributed by atoms with Crippen molar-refractivity contribution in [2.45, 2.75) is 9.24 Å². The van der Waals surface area contributed by atoms with Crippen LogP contribution < -0.4 is 5.32 Å². The van der Waals surface area contributed by atoms with Crippen LogP contribution in [-0.2, 0) is 14.8 Å². The molecule has 0 saturated carbocycles. The molecule has 1 fully saturated rings. The summed E-state index contributed by atoms with van der Waals surface area (Å²) >= 11 is 2.66. The third-order valence-corrected chi connectivity index (χ3v) is 8.63. The van der Waals surface area contributed by atoms with Gasteiger partial charge in [0.05, 0.1) is 10.6 Å². The Hall–Kier alpha value is -2.54. The first kappa shape index (κ1) is 22.6. The highest BCUT2D eigenvalue weighted by molar-refractivity contribution is 8.01. The van der Waals surface area contributed by atoms with Crippen LogP contribution in [0, 0.1) is 5.82 Å². The van der Waals surface area contributed by atoms with Gasteiger partial charge in [0.1, 0.15) is 5.82 Å². The molecule has 1 aliphatic rings. The fraction of sp³-hybridized carbons (Fsp3) is 0.250. The largest absolute Gasteiger partial charge is 0.339 e. The van der Waals surface area contributed by atoms with E-state index in [2.05, 4.69) is 15.5 Å². The van der Waals surface area contributed by atoms with Crippen LogP contribution in [0.15, 0.2) is 63.8 Å². The number of carbonyl (C=O) groups excluding carboxylic acids is 1. The van der Waals surface area contributed by atoms with E-state index in [4.69, 9.17) is 0 Å². The minimum Gasteiger partial charge on any atom is -0.339 e. The Labute approximate surface area is 193 Å². The molecule has 1 aliphatic heterocycles. The number of carbonyl (C=O) groups is 1. The number of nitrogens with zero attached hydrogens (tertiary/aromatic N) is 4. The highest BCUT2D eigenvalue weighted by atomic mass is 32.2. The molecule has 12 heteroatoms. The number of sulfonamides is 1. The third-order valence-electron chi connectivity index (χ3n) is 4.78. The zero-order valence-electron chi connectivity index (χ0n) is 16.8. The van der Waals surface area contributed by atoms with E-state index in [9.17, 15) is 17.6 Å². The molecule has 0 radical (unpaired) electrons. The number of piperazine rings is 1. The first-order valence-electron chi connectivity index (χ1n) is 9.74. The second kappa shape index (κ2) is 9.94. The summed E-state index contributed by atoms with van der Waals surface area (Å²) in [7, 11) is -3.79. The van der Waals surface area contributed by atoms with E-state index < -0.39 is 15.8 Å². The first-order valence-corrected chi connectivity index (χ1v) is 13.0. The van der Waals surface area contributed by atoms with Gasteiger partial charge in [0.15, 0.2) is 4.34 Å². The van der Waals surface area contributed by atoms with Crippen LogP contribution >= 0.6 is 23.1 Å². The maximum absolute atomic E-state index is 13.4. The number of aromatic nitrogens is 2. The number of anilines is 2. The number of para-hydroxylation sites is 1. The van der Waals surface area contributed by atoms with Crippen LogP contribution in [-0.4, -0.2) is 65.7 Å². The molecule has 1 N–H and O–H groups in total. The maximum atomic E-state index is 13.4. The lowest BCUT2D eigenvalue weighted by Gasteiger charge is -2.34. The van der Waals surface area contributed by atoms with Gasteiger partial charge in [-0.05, 0) is 30.3 Å². The van der Waals surface area contributed by atoms with Crippen molar-refractivity contribution in [1.29, 1.82) is 0 Å². The van der Waals surface area contributed by atoms with E-state index in [-0.39, 0.29) is 42.7 Å². The number of benzene rings is 2. The minimum atomic E-state index is -3.79. The Bertz CT molecular complexity index is 1180. The van der Waals surface area contributed by atoms with Gasteiger partial charge in [-0.2, -0.15) is 4.31 Å². The van der Waals surface area contributed by atoms with Crippen LogP contribution in [0.1, 0.15) is 0 Å². The van der Waals surface area contributed by atoms with E-state index in [1.165, 1.54) is 45.6 Å². The van der Waals surface area contributed by atoms with Crippen molar-refractivity contribution in [3.8, 4) is 0 Å². The summed E-state index contributed by atoms with van der Waals surface area (Å²) in [5, 5.41) is 12.0.